The van der Waals surface area contributed by atoms with Crippen LogP contribution < -0.4 is 5.73 Å². The molecule has 0 aromatic heterocycles. The van der Waals surface area contributed by atoms with Crippen molar-refractivity contribution < 1.29 is 9.53 Å². The fourth-order valence-electron chi connectivity index (χ4n) is 2.79. The van der Waals surface area contributed by atoms with Crippen molar-refractivity contribution in [2.75, 3.05) is 19.6 Å². The van der Waals surface area contributed by atoms with E-state index in [0.717, 1.165) is 19.4 Å². The first-order chi connectivity index (χ1) is 7.70. The molecule has 2 rings (SSSR count). The minimum absolute atomic E-state index is 0.0223. The van der Waals surface area contributed by atoms with Crippen molar-refractivity contribution in [3.8, 4) is 0 Å². The van der Waals surface area contributed by atoms with Crippen LogP contribution in [0, 0.1) is 5.92 Å². The first kappa shape index (κ1) is 11.9. The van der Waals surface area contributed by atoms with E-state index in [9.17, 15) is 4.79 Å². The molecule has 92 valence electrons. The van der Waals surface area contributed by atoms with Crippen LogP contribution >= 0.6 is 0 Å². The minimum atomic E-state index is 0.0223. The van der Waals surface area contributed by atoms with Gasteiger partial charge in [0.1, 0.15) is 0 Å². The predicted molar refractivity (Wildman–Crippen MR) is 61.9 cm³/mol. The Morgan fingerprint density at radius 1 is 1.38 bits per heavy atom. The highest BCUT2D eigenvalue weighted by Crippen LogP contribution is 2.27. The number of morpholine rings is 1. The molecule has 0 aromatic carbocycles. The second-order valence-electron chi connectivity index (χ2n) is 5.03. The van der Waals surface area contributed by atoms with Crippen molar-refractivity contribution in [3.63, 3.8) is 0 Å². The van der Waals surface area contributed by atoms with Gasteiger partial charge in [0.2, 0.25) is 5.91 Å². The fourth-order valence-corrected chi connectivity index (χ4v) is 2.79. The second kappa shape index (κ2) is 5.15. The van der Waals surface area contributed by atoms with Gasteiger partial charge in [0.05, 0.1) is 12.2 Å². The van der Waals surface area contributed by atoms with Gasteiger partial charge in [-0.15, -0.1) is 0 Å². The van der Waals surface area contributed by atoms with Gasteiger partial charge in [-0.25, -0.2) is 0 Å². The van der Waals surface area contributed by atoms with Gasteiger partial charge in [-0.05, 0) is 19.8 Å². The lowest BCUT2D eigenvalue weighted by molar-refractivity contribution is -0.147. The number of ether oxygens (including phenoxy) is 1. The zero-order valence-corrected chi connectivity index (χ0v) is 10.0. The Labute approximate surface area is 97.1 Å². The van der Waals surface area contributed by atoms with Crippen LogP contribution in [0.1, 0.15) is 32.6 Å². The third-order valence-corrected chi connectivity index (χ3v) is 3.61. The molecule has 1 saturated heterocycles. The summed E-state index contributed by atoms with van der Waals surface area (Å²) in [7, 11) is 0. The summed E-state index contributed by atoms with van der Waals surface area (Å²) in [6, 6.07) is 0. The van der Waals surface area contributed by atoms with Gasteiger partial charge in [-0.1, -0.05) is 12.8 Å². The van der Waals surface area contributed by atoms with E-state index in [-0.39, 0.29) is 18.1 Å². The summed E-state index contributed by atoms with van der Waals surface area (Å²) < 4.78 is 5.66. The van der Waals surface area contributed by atoms with Gasteiger partial charge < -0.3 is 15.4 Å². The normalized spacial score (nSPS) is 32.0. The molecule has 4 heteroatoms. The van der Waals surface area contributed by atoms with E-state index < -0.39 is 0 Å². The summed E-state index contributed by atoms with van der Waals surface area (Å²) in [5.74, 6) is 0.592. The molecule has 0 bridgehead atoms. The number of amides is 1. The molecule has 2 aliphatic rings. The summed E-state index contributed by atoms with van der Waals surface area (Å²) in [5, 5.41) is 0. The van der Waals surface area contributed by atoms with Gasteiger partial charge in [0.25, 0.3) is 0 Å². The molecule has 0 aromatic rings. The zero-order valence-electron chi connectivity index (χ0n) is 10.0. The van der Waals surface area contributed by atoms with Crippen LogP contribution in [0.2, 0.25) is 0 Å². The minimum Gasteiger partial charge on any atom is -0.370 e. The van der Waals surface area contributed by atoms with E-state index in [0.29, 0.717) is 19.0 Å². The maximum Gasteiger partial charge on any atom is 0.225 e. The maximum absolute atomic E-state index is 12.2. The number of hydrogen-bond acceptors (Lipinski definition) is 3. The van der Waals surface area contributed by atoms with Gasteiger partial charge in [0.15, 0.2) is 0 Å². The molecular formula is C12H22N2O2. The number of rotatable bonds is 2. The first-order valence-electron chi connectivity index (χ1n) is 6.35. The standard InChI is InChI=1S/C12H22N2O2/c1-9-7-14(8-11(6-13)16-9)12(15)10-4-2-3-5-10/h9-11H,2-8,13H2,1H3. The molecule has 2 atom stereocenters. The number of nitrogens with zero attached hydrogens (tertiary/aromatic N) is 1. The summed E-state index contributed by atoms with van der Waals surface area (Å²) in [6.07, 6.45) is 4.69. The van der Waals surface area contributed by atoms with Gasteiger partial charge in [-0.3, -0.25) is 4.79 Å². The Bertz CT molecular complexity index is 251. The van der Waals surface area contributed by atoms with Gasteiger partial charge >= 0.3 is 0 Å². The number of carbonyl (C=O) groups is 1. The molecule has 2 fully saturated rings. The van der Waals surface area contributed by atoms with Crippen molar-refractivity contribution in [2.45, 2.75) is 44.8 Å². The molecule has 2 unspecified atom stereocenters. The fraction of sp³-hybridized carbons (Fsp3) is 0.917. The molecule has 1 aliphatic carbocycles. The highest BCUT2D eigenvalue weighted by Gasteiger charge is 2.32. The van der Waals surface area contributed by atoms with Crippen molar-refractivity contribution in [2.24, 2.45) is 11.7 Å². The smallest absolute Gasteiger partial charge is 0.225 e. The zero-order chi connectivity index (χ0) is 11.5. The number of carbonyl (C=O) groups excluding carboxylic acids is 1. The summed E-state index contributed by atoms with van der Waals surface area (Å²) in [6.45, 7) is 3.91. The predicted octanol–water partition coefficient (Wildman–Crippen LogP) is 0.751. The van der Waals surface area contributed by atoms with Crippen LogP contribution in [0.3, 0.4) is 0 Å². The molecule has 16 heavy (non-hydrogen) atoms. The molecule has 1 amide bonds. The van der Waals surface area contributed by atoms with E-state index >= 15 is 0 Å². The second-order valence-corrected chi connectivity index (χ2v) is 5.03. The lowest BCUT2D eigenvalue weighted by Gasteiger charge is -2.37. The van der Waals surface area contributed by atoms with E-state index in [1.54, 1.807) is 0 Å². The van der Waals surface area contributed by atoms with E-state index in [1.807, 2.05) is 11.8 Å². The van der Waals surface area contributed by atoms with E-state index in [4.69, 9.17) is 10.5 Å². The largest absolute Gasteiger partial charge is 0.370 e. The third kappa shape index (κ3) is 2.55. The molecule has 0 radical (unpaired) electrons. The number of hydrogen-bond donors (Lipinski definition) is 1. The topological polar surface area (TPSA) is 55.6 Å². The summed E-state index contributed by atoms with van der Waals surface area (Å²) >= 11 is 0. The van der Waals surface area contributed by atoms with Crippen LogP contribution in [0.15, 0.2) is 0 Å². The van der Waals surface area contributed by atoms with Crippen molar-refractivity contribution in [1.82, 2.24) is 4.90 Å². The van der Waals surface area contributed by atoms with Crippen molar-refractivity contribution in [1.29, 1.82) is 0 Å². The molecule has 2 N–H and O–H groups in total. The molecule has 1 aliphatic heterocycles. The molecule has 4 nitrogen and oxygen atoms in total. The third-order valence-electron chi connectivity index (χ3n) is 3.61. The molecule has 1 heterocycles. The summed E-state index contributed by atoms with van der Waals surface area (Å²) in [4.78, 5) is 14.2. The Morgan fingerprint density at radius 2 is 2.06 bits per heavy atom. The Kier molecular flexibility index (Phi) is 3.82. The SMILES string of the molecule is CC1CN(C(=O)C2CCCC2)CC(CN)O1. The highest BCUT2D eigenvalue weighted by molar-refractivity contribution is 5.79. The Morgan fingerprint density at radius 3 is 2.69 bits per heavy atom. The van der Waals surface area contributed by atoms with E-state index in [2.05, 4.69) is 0 Å². The highest BCUT2D eigenvalue weighted by atomic mass is 16.5. The monoisotopic (exact) mass is 226 g/mol. The van der Waals surface area contributed by atoms with Gasteiger partial charge in [-0.2, -0.15) is 0 Å². The van der Waals surface area contributed by atoms with Crippen LogP contribution in [0.25, 0.3) is 0 Å². The van der Waals surface area contributed by atoms with Crippen LogP contribution in [-0.2, 0) is 9.53 Å². The average Bonchev–Trinajstić information content (AvgIpc) is 2.80. The quantitative estimate of drug-likeness (QED) is 0.756. The van der Waals surface area contributed by atoms with Crippen molar-refractivity contribution in [3.05, 3.63) is 0 Å². The lowest BCUT2D eigenvalue weighted by Crippen LogP contribution is -2.52. The van der Waals surface area contributed by atoms with Crippen molar-refractivity contribution >= 4 is 5.91 Å². The number of nitrogens with two attached hydrogens (primary N) is 1. The lowest BCUT2D eigenvalue weighted by atomic mass is 10.1. The van der Waals surface area contributed by atoms with Crippen LogP contribution in [0.4, 0.5) is 0 Å². The van der Waals surface area contributed by atoms with Crippen LogP contribution in [0.5, 0.6) is 0 Å². The first-order valence-corrected chi connectivity index (χ1v) is 6.35. The summed E-state index contributed by atoms with van der Waals surface area (Å²) in [5.41, 5.74) is 5.62. The maximum atomic E-state index is 12.2. The molecular weight excluding hydrogens is 204 g/mol. The Hall–Kier alpha value is -0.610. The average molecular weight is 226 g/mol. The van der Waals surface area contributed by atoms with E-state index in [1.165, 1.54) is 12.8 Å². The van der Waals surface area contributed by atoms with Gasteiger partial charge in [0, 0.05) is 25.6 Å². The Balaban J connectivity index is 1.94. The van der Waals surface area contributed by atoms with Crippen LogP contribution in [-0.4, -0.2) is 42.6 Å². The molecule has 0 spiro atoms. The molecule has 1 saturated carbocycles.